The van der Waals surface area contributed by atoms with E-state index < -0.39 is 37.3 Å². The molecule has 94 valence electrons. The Hall–Kier alpha value is -1.18. The van der Waals surface area contributed by atoms with Crippen LogP contribution in [0.5, 0.6) is 0 Å². The van der Waals surface area contributed by atoms with Crippen molar-refractivity contribution in [3.63, 3.8) is 0 Å². The van der Waals surface area contributed by atoms with E-state index in [0.29, 0.717) is 0 Å². The summed E-state index contributed by atoms with van der Waals surface area (Å²) in [5, 5.41) is 4.34. The smallest absolute Gasteiger partial charge is 0.341 e. The number of sulfonamides is 1. The third-order valence-electron chi connectivity index (χ3n) is 1.83. The zero-order valence-corrected chi connectivity index (χ0v) is 10.3. The van der Waals surface area contributed by atoms with E-state index in [0.717, 1.165) is 12.1 Å². The minimum atomic E-state index is -4.07. The summed E-state index contributed by atoms with van der Waals surface area (Å²) in [6, 6.07) is 1.61. The van der Waals surface area contributed by atoms with E-state index in [2.05, 4.69) is 4.74 Å². The highest BCUT2D eigenvalue weighted by Gasteiger charge is 2.20. The molecular formula is C9H9ClFNO4S. The van der Waals surface area contributed by atoms with Crippen molar-refractivity contribution < 1.29 is 22.3 Å². The molecule has 5 nitrogen and oxygen atoms in total. The van der Waals surface area contributed by atoms with E-state index in [-0.39, 0.29) is 6.61 Å². The highest BCUT2D eigenvalue weighted by Crippen LogP contribution is 2.23. The molecule has 1 aromatic carbocycles. The molecule has 0 saturated carbocycles. The Labute approximate surface area is 102 Å². The van der Waals surface area contributed by atoms with Crippen molar-refractivity contribution >= 4 is 27.6 Å². The molecule has 0 aromatic heterocycles. The molecule has 0 bridgehead atoms. The predicted octanol–water partition coefficient (Wildman–Crippen LogP) is 1.30. The largest absolute Gasteiger partial charge is 0.462 e. The van der Waals surface area contributed by atoms with Crippen molar-refractivity contribution in [2.45, 2.75) is 11.8 Å². The summed E-state index contributed by atoms with van der Waals surface area (Å²) in [5.41, 5.74) is -0.566. The van der Waals surface area contributed by atoms with Crippen LogP contribution < -0.4 is 5.14 Å². The first-order chi connectivity index (χ1) is 7.77. The standard InChI is InChI=1S/C9H9ClFNO4S/c1-2-16-9(13)6-3-5(17(12,14)15)4-7(10)8(6)11/h3-4H,2H2,1H3,(H2,12,14,15). The molecule has 0 saturated heterocycles. The van der Waals surface area contributed by atoms with Crippen LogP contribution in [0.1, 0.15) is 17.3 Å². The molecular weight excluding hydrogens is 273 g/mol. The van der Waals surface area contributed by atoms with Crippen LogP contribution in [0.15, 0.2) is 17.0 Å². The van der Waals surface area contributed by atoms with Gasteiger partial charge in [0.15, 0.2) is 5.82 Å². The van der Waals surface area contributed by atoms with Crippen LogP contribution in [-0.2, 0) is 14.8 Å². The number of hydrogen-bond donors (Lipinski definition) is 1. The van der Waals surface area contributed by atoms with Crippen LogP contribution in [-0.4, -0.2) is 21.0 Å². The molecule has 0 atom stereocenters. The minimum Gasteiger partial charge on any atom is -0.462 e. The number of halogens is 2. The highest BCUT2D eigenvalue weighted by atomic mass is 35.5. The molecule has 0 aliphatic heterocycles. The van der Waals surface area contributed by atoms with Crippen LogP contribution in [0.25, 0.3) is 0 Å². The van der Waals surface area contributed by atoms with Gasteiger partial charge in [-0.2, -0.15) is 0 Å². The number of ether oxygens (including phenoxy) is 1. The van der Waals surface area contributed by atoms with Gasteiger partial charge in [0.25, 0.3) is 0 Å². The van der Waals surface area contributed by atoms with Crippen molar-refractivity contribution in [3.8, 4) is 0 Å². The van der Waals surface area contributed by atoms with Crippen LogP contribution in [0.2, 0.25) is 5.02 Å². The monoisotopic (exact) mass is 281 g/mol. The number of primary sulfonamides is 1. The Bertz CT molecular complexity index is 558. The zero-order valence-electron chi connectivity index (χ0n) is 8.74. The van der Waals surface area contributed by atoms with E-state index in [4.69, 9.17) is 16.7 Å². The van der Waals surface area contributed by atoms with Gasteiger partial charge in [-0.1, -0.05) is 11.6 Å². The van der Waals surface area contributed by atoms with E-state index in [9.17, 15) is 17.6 Å². The SMILES string of the molecule is CCOC(=O)c1cc(S(N)(=O)=O)cc(Cl)c1F. The third kappa shape index (κ3) is 3.15. The van der Waals surface area contributed by atoms with E-state index in [1.54, 1.807) is 0 Å². The van der Waals surface area contributed by atoms with Crippen molar-refractivity contribution in [1.82, 2.24) is 0 Å². The Kier molecular flexibility index (Phi) is 4.07. The lowest BCUT2D eigenvalue weighted by Crippen LogP contribution is -2.15. The van der Waals surface area contributed by atoms with Gasteiger partial charge in [0.2, 0.25) is 10.0 Å². The van der Waals surface area contributed by atoms with Crippen LogP contribution in [0.4, 0.5) is 4.39 Å². The Morgan fingerprint density at radius 2 is 2.12 bits per heavy atom. The highest BCUT2D eigenvalue weighted by molar-refractivity contribution is 7.89. The van der Waals surface area contributed by atoms with Gasteiger partial charge in [0.05, 0.1) is 22.1 Å². The number of rotatable bonds is 3. The Morgan fingerprint density at radius 1 is 1.53 bits per heavy atom. The molecule has 0 heterocycles. The van der Waals surface area contributed by atoms with Gasteiger partial charge in [0.1, 0.15) is 0 Å². The number of carbonyl (C=O) groups excluding carboxylic acids is 1. The number of benzene rings is 1. The number of esters is 1. The molecule has 0 aliphatic carbocycles. The van der Waals surface area contributed by atoms with Gasteiger partial charge in [-0.05, 0) is 19.1 Å². The van der Waals surface area contributed by atoms with E-state index in [1.165, 1.54) is 6.92 Å². The van der Waals surface area contributed by atoms with Crippen LogP contribution in [0, 0.1) is 5.82 Å². The molecule has 17 heavy (non-hydrogen) atoms. The summed E-state index contributed by atoms with van der Waals surface area (Å²) < 4.78 is 40.2. The average molecular weight is 282 g/mol. The Morgan fingerprint density at radius 3 is 2.59 bits per heavy atom. The minimum absolute atomic E-state index is 0.0233. The summed E-state index contributed by atoms with van der Waals surface area (Å²) in [7, 11) is -4.07. The summed E-state index contributed by atoms with van der Waals surface area (Å²) in [4.78, 5) is 10.9. The predicted molar refractivity (Wildman–Crippen MR) is 58.7 cm³/mol. The first kappa shape index (κ1) is 13.9. The summed E-state index contributed by atoms with van der Waals surface area (Å²) >= 11 is 5.47. The maximum atomic E-state index is 13.5. The van der Waals surface area contributed by atoms with Gasteiger partial charge in [-0.15, -0.1) is 0 Å². The topological polar surface area (TPSA) is 86.5 Å². The fourth-order valence-electron chi connectivity index (χ4n) is 1.09. The van der Waals surface area contributed by atoms with Crippen LogP contribution in [0.3, 0.4) is 0 Å². The lowest BCUT2D eigenvalue weighted by molar-refractivity contribution is 0.0520. The van der Waals surface area contributed by atoms with Crippen molar-refractivity contribution in [2.24, 2.45) is 5.14 Å². The number of carbonyl (C=O) groups is 1. The molecule has 1 rings (SSSR count). The maximum Gasteiger partial charge on any atom is 0.341 e. The second-order valence-corrected chi connectivity index (χ2v) is 5.00. The normalized spacial score (nSPS) is 11.3. The second kappa shape index (κ2) is 4.99. The number of nitrogens with two attached hydrogens (primary N) is 1. The first-order valence-electron chi connectivity index (χ1n) is 4.46. The molecule has 8 heteroatoms. The fraction of sp³-hybridized carbons (Fsp3) is 0.222. The van der Waals surface area contributed by atoms with E-state index >= 15 is 0 Å². The lowest BCUT2D eigenvalue weighted by Gasteiger charge is -2.06. The zero-order chi connectivity index (χ0) is 13.2. The van der Waals surface area contributed by atoms with Crippen molar-refractivity contribution in [1.29, 1.82) is 0 Å². The molecule has 0 spiro atoms. The molecule has 0 aliphatic rings. The molecule has 1 aromatic rings. The molecule has 0 fully saturated rings. The van der Waals surface area contributed by atoms with E-state index in [1.807, 2.05) is 0 Å². The fourth-order valence-corrected chi connectivity index (χ4v) is 1.93. The van der Waals surface area contributed by atoms with Crippen LogP contribution >= 0.6 is 11.6 Å². The quantitative estimate of drug-likeness (QED) is 0.846. The van der Waals surface area contributed by atoms with Gasteiger partial charge < -0.3 is 4.74 Å². The summed E-state index contributed by atoms with van der Waals surface area (Å²) in [6.45, 7) is 1.55. The second-order valence-electron chi connectivity index (χ2n) is 3.03. The Balaban J connectivity index is 3.40. The lowest BCUT2D eigenvalue weighted by atomic mass is 10.2. The molecule has 0 amide bonds. The number of hydrogen-bond acceptors (Lipinski definition) is 4. The molecule has 2 N–H and O–H groups in total. The van der Waals surface area contributed by atoms with Gasteiger partial charge >= 0.3 is 5.97 Å². The molecule has 0 radical (unpaired) electrons. The third-order valence-corrected chi connectivity index (χ3v) is 2.99. The average Bonchev–Trinajstić information content (AvgIpc) is 2.20. The van der Waals surface area contributed by atoms with Crippen molar-refractivity contribution in [3.05, 3.63) is 28.5 Å². The van der Waals surface area contributed by atoms with Crippen molar-refractivity contribution in [2.75, 3.05) is 6.61 Å². The summed E-state index contributed by atoms with van der Waals surface area (Å²) in [6.07, 6.45) is 0. The molecule has 0 unspecified atom stereocenters. The maximum absolute atomic E-state index is 13.5. The first-order valence-corrected chi connectivity index (χ1v) is 6.38. The van der Waals surface area contributed by atoms with Gasteiger partial charge in [-0.25, -0.2) is 22.7 Å². The van der Waals surface area contributed by atoms with Gasteiger partial charge in [-0.3, -0.25) is 0 Å². The van der Waals surface area contributed by atoms with Gasteiger partial charge in [0, 0.05) is 0 Å². The summed E-state index contributed by atoms with van der Waals surface area (Å²) in [5.74, 6) is -2.05.